The second-order valence-corrected chi connectivity index (χ2v) is 7.24. The molecule has 7 nitrogen and oxygen atoms in total. The van der Waals surface area contributed by atoms with Crippen molar-refractivity contribution in [2.75, 3.05) is 24.6 Å². The number of phenols is 1. The Balaban J connectivity index is 1.71. The lowest BCUT2D eigenvalue weighted by Gasteiger charge is -2.25. The third-order valence-corrected chi connectivity index (χ3v) is 5.23. The van der Waals surface area contributed by atoms with Crippen molar-refractivity contribution in [3.63, 3.8) is 0 Å². The number of pyridine rings is 2. The molecule has 1 aliphatic rings. The van der Waals surface area contributed by atoms with Crippen LogP contribution in [0.4, 0.5) is 11.5 Å². The lowest BCUT2D eigenvalue weighted by atomic mass is 9.89. The van der Waals surface area contributed by atoms with Gasteiger partial charge in [0, 0.05) is 24.5 Å². The summed E-state index contributed by atoms with van der Waals surface area (Å²) in [5.41, 5.74) is 15.9. The zero-order valence-corrected chi connectivity index (χ0v) is 16.1. The van der Waals surface area contributed by atoms with Crippen molar-refractivity contribution >= 4 is 11.5 Å². The molecule has 150 valence electrons. The number of nitrogens with two attached hydrogens (primary N) is 2. The number of ether oxygens (including phenoxy) is 1. The number of benzene rings is 1. The van der Waals surface area contributed by atoms with Crippen molar-refractivity contribution in [2.45, 2.75) is 25.4 Å². The Hall–Kier alpha value is -3.32. The molecule has 1 aromatic carbocycles. The van der Waals surface area contributed by atoms with Crippen LogP contribution < -0.4 is 21.5 Å². The Labute approximate surface area is 169 Å². The van der Waals surface area contributed by atoms with Gasteiger partial charge in [0.2, 0.25) is 0 Å². The minimum atomic E-state index is 0.0816. The average Bonchev–Trinajstić information content (AvgIpc) is 2.75. The van der Waals surface area contributed by atoms with E-state index in [-0.39, 0.29) is 17.5 Å². The third kappa shape index (κ3) is 4.09. The molecular formula is C22H25N5O2. The van der Waals surface area contributed by atoms with Gasteiger partial charge in [-0.2, -0.15) is 0 Å². The second-order valence-electron chi connectivity index (χ2n) is 7.24. The highest BCUT2D eigenvalue weighted by atomic mass is 16.5. The van der Waals surface area contributed by atoms with Gasteiger partial charge < -0.3 is 26.6 Å². The number of hydrogen-bond acceptors (Lipinski definition) is 7. The molecule has 1 unspecified atom stereocenters. The highest BCUT2D eigenvalue weighted by Crippen LogP contribution is 2.41. The zero-order valence-electron chi connectivity index (χ0n) is 16.1. The van der Waals surface area contributed by atoms with E-state index in [9.17, 15) is 5.11 Å². The molecule has 1 saturated heterocycles. The molecule has 7 heteroatoms. The number of rotatable bonds is 5. The van der Waals surface area contributed by atoms with E-state index < -0.39 is 0 Å². The molecule has 6 N–H and O–H groups in total. The SMILES string of the molecule is Nc1nc(-c2c(O)cccc2OCc2cccnc2)cc(C2CCCNC2)c1N. The molecule has 3 heterocycles. The lowest BCUT2D eigenvalue weighted by molar-refractivity contribution is 0.305. The van der Waals surface area contributed by atoms with E-state index in [2.05, 4.69) is 15.3 Å². The molecule has 3 aromatic rings. The van der Waals surface area contributed by atoms with Crippen LogP contribution in [0.15, 0.2) is 48.8 Å². The smallest absolute Gasteiger partial charge is 0.147 e. The molecule has 1 aliphatic heterocycles. The average molecular weight is 391 g/mol. The Bertz CT molecular complexity index is 988. The maximum Gasteiger partial charge on any atom is 0.147 e. The first-order chi connectivity index (χ1) is 14.1. The summed E-state index contributed by atoms with van der Waals surface area (Å²) < 4.78 is 5.99. The Morgan fingerprint density at radius 1 is 1.21 bits per heavy atom. The summed E-state index contributed by atoms with van der Waals surface area (Å²) in [6.07, 6.45) is 5.57. The molecule has 4 rings (SSSR count). The molecule has 0 amide bonds. The number of hydrogen-bond donors (Lipinski definition) is 4. The number of piperidine rings is 1. The maximum atomic E-state index is 10.6. The zero-order chi connectivity index (χ0) is 20.2. The number of phenolic OH excluding ortho intramolecular Hbond substituents is 1. The van der Waals surface area contributed by atoms with Gasteiger partial charge in [-0.1, -0.05) is 12.1 Å². The van der Waals surface area contributed by atoms with Crippen LogP contribution in [0.25, 0.3) is 11.3 Å². The molecule has 0 bridgehead atoms. The van der Waals surface area contributed by atoms with Crippen LogP contribution in [0.2, 0.25) is 0 Å². The van der Waals surface area contributed by atoms with E-state index in [1.165, 1.54) is 0 Å². The molecule has 29 heavy (non-hydrogen) atoms. The fourth-order valence-corrected chi connectivity index (χ4v) is 3.72. The van der Waals surface area contributed by atoms with Crippen LogP contribution in [0.5, 0.6) is 11.5 Å². The van der Waals surface area contributed by atoms with Crippen molar-refractivity contribution in [3.8, 4) is 22.8 Å². The van der Waals surface area contributed by atoms with Crippen molar-refractivity contribution in [3.05, 3.63) is 59.9 Å². The monoisotopic (exact) mass is 391 g/mol. The Morgan fingerprint density at radius 3 is 2.86 bits per heavy atom. The van der Waals surface area contributed by atoms with Gasteiger partial charge in [-0.25, -0.2) is 4.98 Å². The third-order valence-electron chi connectivity index (χ3n) is 5.23. The van der Waals surface area contributed by atoms with Crippen molar-refractivity contribution in [1.29, 1.82) is 0 Å². The predicted octanol–water partition coefficient (Wildman–Crippen LogP) is 3.06. The van der Waals surface area contributed by atoms with Crippen molar-refractivity contribution in [2.24, 2.45) is 0 Å². The van der Waals surface area contributed by atoms with E-state index in [1.807, 2.05) is 24.3 Å². The first kappa shape index (κ1) is 19.0. The summed E-state index contributed by atoms with van der Waals surface area (Å²) in [5, 5.41) is 14.0. The lowest BCUT2D eigenvalue weighted by Crippen LogP contribution is -2.29. The Morgan fingerprint density at radius 2 is 2.10 bits per heavy atom. The number of nitrogens with one attached hydrogen (secondary N) is 1. The van der Waals surface area contributed by atoms with Crippen LogP contribution in [-0.2, 0) is 6.61 Å². The van der Waals surface area contributed by atoms with Crippen LogP contribution in [-0.4, -0.2) is 28.2 Å². The van der Waals surface area contributed by atoms with Gasteiger partial charge in [0.15, 0.2) is 0 Å². The van der Waals surface area contributed by atoms with Crippen LogP contribution in [0.3, 0.4) is 0 Å². The summed E-state index contributed by atoms with van der Waals surface area (Å²) in [6.45, 7) is 2.18. The normalized spacial score (nSPS) is 16.5. The molecule has 2 aromatic heterocycles. The van der Waals surface area contributed by atoms with Gasteiger partial charge >= 0.3 is 0 Å². The quantitative estimate of drug-likeness (QED) is 0.528. The number of anilines is 2. The fraction of sp³-hybridized carbons (Fsp3) is 0.273. The van der Waals surface area contributed by atoms with Gasteiger partial charge in [0.1, 0.15) is 23.9 Å². The van der Waals surface area contributed by atoms with Crippen LogP contribution >= 0.6 is 0 Å². The first-order valence-corrected chi connectivity index (χ1v) is 9.74. The van der Waals surface area contributed by atoms with E-state index in [0.717, 1.165) is 37.1 Å². The number of nitrogen functional groups attached to an aromatic ring is 2. The molecule has 0 aliphatic carbocycles. The highest BCUT2D eigenvalue weighted by molar-refractivity contribution is 5.78. The van der Waals surface area contributed by atoms with E-state index >= 15 is 0 Å². The molecule has 0 saturated carbocycles. The first-order valence-electron chi connectivity index (χ1n) is 9.74. The van der Waals surface area contributed by atoms with Gasteiger partial charge in [0.05, 0.1) is 16.9 Å². The largest absolute Gasteiger partial charge is 0.507 e. The topological polar surface area (TPSA) is 119 Å². The molecule has 1 fully saturated rings. The summed E-state index contributed by atoms with van der Waals surface area (Å²) in [4.78, 5) is 8.56. The minimum Gasteiger partial charge on any atom is -0.507 e. The number of aromatic hydroxyl groups is 1. The van der Waals surface area contributed by atoms with Gasteiger partial charge in [0.25, 0.3) is 0 Å². The maximum absolute atomic E-state index is 10.6. The van der Waals surface area contributed by atoms with Crippen LogP contribution in [0, 0.1) is 0 Å². The second kappa shape index (κ2) is 8.36. The Kier molecular flexibility index (Phi) is 5.48. The molecule has 0 spiro atoms. The van der Waals surface area contributed by atoms with Gasteiger partial charge in [-0.05, 0) is 55.1 Å². The number of nitrogens with zero attached hydrogens (tertiary/aromatic N) is 2. The standard InChI is InChI=1S/C22H25N5O2/c23-21-16(15-5-3-9-26-12-15)10-17(27-22(21)24)20-18(28)6-1-7-19(20)29-13-14-4-2-8-25-11-14/h1-2,4,6-8,10-11,15,26,28H,3,5,9,12-13,23H2,(H2,24,27). The van der Waals surface area contributed by atoms with Gasteiger partial charge in [-0.3, -0.25) is 4.98 Å². The number of aromatic nitrogens is 2. The van der Waals surface area contributed by atoms with Crippen molar-refractivity contribution < 1.29 is 9.84 Å². The van der Waals surface area contributed by atoms with Crippen molar-refractivity contribution in [1.82, 2.24) is 15.3 Å². The summed E-state index contributed by atoms with van der Waals surface area (Å²) >= 11 is 0. The summed E-state index contributed by atoms with van der Waals surface area (Å²) in [7, 11) is 0. The molecule has 1 atom stereocenters. The van der Waals surface area contributed by atoms with Gasteiger partial charge in [-0.15, -0.1) is 0 Å². The molecular weight excluding hydrogens is 366 g/mol. The summed E-state index contributed by atoms with van der Waals surface area (Å²) in [5.74, 6) is 1.14. The predicted molar refractivity (Wildman–Crippen MR) is 114 cm³/mol. The van der Waals surface area contributed by atoms with E-state index in [1.54, 1.807) is 24.5 Å². The fourth-order valence-electron chi connectivity index (χ4n) is 3.72. The van der Waals surface area contributed by atoms with E-state index in [0.29, 0.717) is 29.3 Å². The highest BCUT2D eigenvalue weighted by Gasteiger charge is 2.22. The van der Waals surface area contributed by atoms with Crippen LogP contribution in [0.1, 0.15) is 29.9 Å². The minimum absolute atomic E-state index is 0.0816. The van der Waals surface area contributed by atoms with E-state index in [4.69, 9.17) is 16.2 Å². The summed E-state index contributed by atoms with van der Waals surface area (Å²) in [6, 6.07) is 10.9. The molecule has 0 radical (unpaired) electrons.